The molecular weight excluding hydrogens is 535 g/mol. The van der Waals surface area contributed by atoms with Gasteiger partial charge in [-0.05, 0) is 43.7 Å². The van der Waals surface area contributed by atoms with Crippen LogP contribution in [0, 0.1) is 18.4 Å². The summed E-state index contributed by atoms with van der Waals surface area (Å²) in [6, 6.07) is 9.84. The topological polar surface area (TPSA) is 105 Å². The molecule has 0 bridgehead atoms. The number of alkyl halides is 3. The first-order chi connectivity index (χ1) is 18.7. The number of rotatable bonds is 7. The van der Waals surface area contributed by atoms with Crippen molar-refractivity contribution >= 4 is 34.9 Å². The van der Waals surface area contributed by atoms with Crippen LogP contribution in [0.15, 0.2) is 52.6 Å². The number of likely N-dealkylation sites (N-methyl/N-ethyl adjacent to an activating group) is 1. The van der Waals surface area contributed by atoms with Gasteiger partial charge in [0.1, 0.15) is 11.9 Å². The van der Waals surface area contributed by atoms with Crippen LogP contribution in [0.25, 0.3) is 0 Å². The number of carbonyl (C=O) groups is 1. The molecule has 2 aromatic carbocycles. The van der Waals surface area contributed by atoms with E-state index in [0.29, 0.717) is 22.8 Å². The second kappa shape index (κ2) is 12.4. The zero-order valence-electron chi connectivity index (χ0n) is 21.2. The fourth-order valence-corrected chi connectivity index (χ4v) is 4.70. The van der Waals surface area contributed by atoms with Gasteiger partial charge >= 0.3 is 6.61 Å². The molecule has 0 aromatic heterocycles. The van der Waals surface area contributed by atoms with Crippen molar-refractivity contribution in [2.24, 2.45) is 10.1 Å². The van der Waals surface area contributed by atoms with E-state index in [1.54, 1.807) is 23.1 Å². The Balaban J connectivity index is 1.72. The van der Waals surface area contributed by atoms with Gasteiger partial charge in [0, 0.05) is 36.2 Å². The first-order valence-corrected chi connectivity index (χ1v) is 12.7. The molecule has 2 aliphatic heterocycles. The van der Waals surface area contributed by atoms with Gasteiger partial charge in [-0.25, -0.2) is 14.4 Å². The van der Waals surface area contributed by atoms with Gasteiger partial charge in [-0.1, -0.05) is 23.7 Å². The average Bonchev–Trinajstić information content (AvgIpc) is 3.53. The van der Waals surface area contributed by atoms with Crippen LogP contribution >= 0.6 is 11.6 Å². The van der Waals surface area contributed by atoms with Gasteiger partial charge in [0.15, 0.2) is 6.19 Å². The minimum atomic E-state index is -3.00. The lowest BCUT2D eigenvalue weighted by molar-refractivity contribution is -0.134. The number of hydrazone groups is 1. The Morgan fingerprint density at radius 2 is 2.18 bits per heavy atom. The maximum Gasteiger partial charge on any atom is 0.387 e. The highest BCUT2D eigenvalue weighted by Gasteiger charge is 2.40. The van der Waals surface area contributed by atoms with Crippen LogP contribution in [-0.4, -0.2) is 72.0 Å². The maximum atomic E-state index is 13.9. The van der Waals surface area contributed by atoms with E-state index in [4.69, 9.17) is 16.7 Å². The number of carbonyl (C=O) groups excluding carboxylic acids is 1. The lowest BCUT2D eigenvalue weighted by atomic mass is 10.00. The monoisotopic (exact) mass is 561 g/mol. The van der Waals surface area contributed by atoms with Crippen molar-refractivity contribution in [1.82, 2.24) is 20.5 Å². The van der Waals surface area contributed by atoms with E-state index in [9.17, 15) is 23.2 Å². The normalized spacial score (nSPS) is 21.1. The van der Waals surface area contributed by atoms with E-state index in [1.807, 2.05) is 26.1 Å². The van der Waals surface area contributed by atoms with Crippen molar-refractivity contribution in [1.29, 1.82) is 5.26 Å². The Bertz CT molecular complexity index is 1320. The fraction of sp³-hybridized carbons (Fsp3) is 0.385. The lowest BCUT2D eigenvalue weighted by Gasteiger charge is -2.31. The summed E-state index contributed by atoms with van der Waals surface area (Å²) in [4.78, 5) is 19.5. The van der Waals surface area contributed by atoms with Crippen molar-refractivity contribution in [3.8, 4) is 11.9 Å². The highest BCUT2D eigenvalue weighted by Crippen LogP contribution is 2.26. The number of amides is 1. The van der Waals surface area contributed by atoms with E-state index in [1.165, 1.54) is 23.2 Å². The van der Waals surface area contributed by atoms with Crippen LogP contribution in [0.4, 0.5) is 18.9 Å². The Hall–Kier alpha value is -3.82. The number of ether oxygens (including phenoxy) is 1. The number of hydrogen-bond acceptors (Lipinski definition) is 6. The third-order valence-corrected chi connectivity index (χ3v) is 6.83. The zero-order chi connectivity index (χ0) is 28.1. The first kappa shape index (κ1) is 28.2. The molecule has 1 saturated heterocycles. The molecule has 3 atom stereocenters. The number of aliphatic imine (C=N–C) groups is 1. The van der Waals surface area contributed by atoms with E-state index in [2.05, 4.69) is 20.4 Å². The van der Waals surface area contributed by atoms with Crippen LogP contribution < -0.4 is 15.4 Å². The summed E-state index contributed by atoms with van der Waals surface area (Å²) in [5, 5.41) is 21.6. The Kier molecular flexibility index (Phi) is 8.93. The Morgan fingerprint density at radius 3 is 2.82 bits per heavy atom. The molecule has 2 aliphatic rings. The van der Waals surface area contributed by atoms with Crippen LogP contribution in [0.3, 0.4) is 0 Å². The first-order valence-electron chi connectivity index (χ1n) is 12.3. The Morgan fingerprint density at radius 1 is 1.38 bits per heavy atom. The van der Waals surface area contributed by atoms with E-state index >= 15 is 0 Å². The number of benzene rings is 2. The largest absolute Gasteiger partial charge is 0.435 e. The van der Waals surface area contributed by atoms with Gasteiger partial charge in [-0.2, -0.15) is 19.1 Å². The molecule has 0 unspecified atom stereocenters. The third kappa shape index (κ3) is 6.61. The average molecular weight is 562 g/mol. The van der Waals surface area contributed by atoms with Gasteiger partial charge < -0.3 is 15.0 Å². The number of halogens is 4. The smallest absolute Gasteiger partial charge is 0.387 e. The number of nitrogens with one attached hydrogen (secondary N) is 2. The summed E-state index contributed by atoms with van der Waals surface area (Å²) in [5.41, 5.74) is 2.28. The summed E-state index contributed by atoms with van der Waals surface area (Å²) in [5.74, 6) is -0.337. The van der Waals surface area contributed by atoms with Gasteiger partial charge in [0.2, 0.25) is 11.9 Å². The minimum absolute atomic E-state index is 0.0173. The quantitative estimate of drug-likeness (QED) is 0.230. The summed E-state index contributed by atoms with van der Waals surface area (Å²) >= 11 is 6.24. The molecule has 1 amide bonds. The SMILES string of the molecule is CCN(C(=O)[C@H]1C[C@@H](F)CN1)[C@@H]1CN(C(=Nc2cccc(OC(F)F)c2)NC#N)N=C1c1ccc(Cl)c(C)c1. The molecule has 0 radical (unpaired) electrons. The van der Waals surface area contributed by atoms with Gasteiger partial charge in [0.25, 0.3) is 0 Å². The Labute approximate surface area is 228 Å². The second-order valence-corrected chi connectivity index (χ2v) is 9.42. The fourth-order valence-electron chi connectivity index (χ4n) is 4.58. The van der Waals surface area contributed by atoms with Crippen molar-refractivity contribution in [3.63, 3.8) is 0 Å². The van der Waals surface area contributed by atoms with Crippen LogP contribution in [-0.2, 0) is 4.79 Å². The molecule has 13 heteroatoms. The van der Waals surface area contributed by atoms with Crippen molar-refractivity contribution in [2.75, 3.05) is 19.6 Å². The standard InChI is InChI=1S/C26H27ClF3N7O2/c1-3-36(24(38)21-10-17(28)12-32-21)22-13-37(35-23(22)16-7-8-20(27)15(2)9-16)26(33-14-31)34-18-5-4-6-19(11-18)39-25(29)30/h4-9,11,17,21-22,25,32H,3,10,12-13H2,1-2H3,(H,33,34)/t17-,21-,22-/m1/s1. The lowest BCUT2D eigenvalue weighted by Crippen LogP contribution is -2.53. The maximum absolute atomic E-state index is 13.9. The van der Waals surface area contributed by atoms with Gasteiger partial charge in [0.05, 0.1) is 30.0 Å². The minimum Gasteiger partial charge on any atom is -0.435 e. The summed E-state index contributed by atoms with van der Waals surface area (Å²) < 4.78 is 43.7. The molecule has 0 aliphatic carbocycles. The molecule has 39 heavy (non-hydrogen) atoms. The predicted octanol–water partition coefficient (Wildman–Crippen LogP) is 3.95. The van der Waals surface area contributed by atoms with Crippen LogP contribution in [0.5, 0.6) is 5.75 Å². The van der Waals surface area contributed by atoms with Crippen molar-refractivity contribution in [2.45, 2.75) is 45.1 Å². The van der Waals surface area contributed by atoms with Gasteiger partial charge in [-0.3, -0.25) is 10.1 Å². The van der Waals surface area contributed by atoms with Gasteiger partial charge in [-0.15, -0.1) is 0 Å². The molecule has 2 heterocycles. The summed E-state index contributed by atoms with van der Waals surface area (Å²) in [7, 11) is 0. The van der Waals surface area contributed by atoms with Crippen molar-refractivity contribution in [3.05, 3.63) is 58.6 Å². The molecule has 2 aromatic rings. The number of nitrogens with zero attached hydrogens (tertiary/aromatic N) is 5. The molecule has 1 fully saturated rings. The van der Waals surface area contributed by atoms with E-state index in [0.717, 1.165) is 5.56 Å². The van der Waals surface area contributed by atoms with E-state index in [-0.39, 0.29) is 42.8 Å². The third-order valence-electron chi connectivity index (χ3n) is 6.41. The summed E-state index contributed by atoms with van der Waals surface area (Å²) in [6.07, 6.45) is 0.799. The molecule has 9 nitrogen and oxygen atoms in total. The molecular formula is C26H27ClF3N7O2. The zero-order valence-corrected chi connectivity index (χ0v) is 22.0. The number of hydrogen-bond donors (Lipinski definition) is 2. The van der Waals surface area contributed by atoms with Crippen LogP contribution in [0.1, 0.15) is 24.5 Å². The van der Waals surface area contributed by atoms with Crippen LogP contribution in [0.2, 0.25) is 5.02 Å². The highest BCUT2D eigenvalue weighted by molar-refractivity contribution is 6.31. The number of nitriles is 1. The molecule has 0 saturated carbocycles. The molecule has 4 rings (SSSR count). The number of guanidine groups is 1. The predicted molar refractivity (Wildman–Crippen MR) is 141 cm³/mol. The highest BCUT2D eigenvalue weighted by atomic mass is 35.5. The molecule has 2 N–H and O–H groups in total. The summed E-state index contributed by atoms with van der Waals surface area (Å²) in [6.45, 7) is 1.23. The van der Waals surface area contributed by atoms with E-state index < -0.39 is 24.9 Å². The molecule has 0 spiro atoms. The number of aryl methyl sites for hydroxylation is 1. The second-order valence-electron chi connectivity index (χ2n) is 9.01. The van der Waals surface area contributed by atoms with Crippen molar-refractivity contribution < 1.29 is 22.7 Å². The molecule has 206 valence electrons.